The molecule has 2 aromatic rings. The van der Waals surface area contributed by atoms with Gasteiger partial charge in [0.1, 0.15) is 18.1 Å². The van der Waals surface area contributed by atoms with E-state index in [1.54, 1.807) is 13.8 Å². The number of hydrogen-bond donors (Lipinski definition) is 5. The van der Waals surface area contributed by atoms with Crippen molar-refractivity contribution in [1.82, 2.24) is 16.0 Å². The molecule has 198 valence electrons. The molecule has 4 amide bonds. The molecule has 37 heavy (non-hydrogen) atoms. The smallest absolute Gasteiger partial charge is 0.244 e. The second kappa shape index (κ2) is 13.0. The summed E-state index contributed by atoms with van der Waals surface area (Å²) in [5.41, 5.74) is 13.5. The van der Waals surface area contributed by atoms with Crippen molar-refractivity contribution in [3.63, 3.8) is 0 Å². The minimum Gasteiger partial charge on any atom is -0.368 e. The summed E-state index contributed by atoms with van der Waals surface area (Å²) in [6, 6.07) is 14.8. The van der Waals surface area contributed by atoms with Crippen LogP contribution in [0.15, 0.2) is 60.7 Å². The Morgan fingerprint density at radius 3 is 2.19 bits per heavy atom. The fraction of sp³-hybridized carbons (Fsp3) is 0.385. The maximum absolute atomic E-state index is 13.3. The van der Waals surface area contributed by atoms with E-state index in [0.29, 0.717) is 6.42 Å². The van der Waals surface area contributed by atoms with Crippen molar-refractivity contribution in [3.05, 3.63) is 71.8 Å². The number of carbonyl (C=O) groups excluding carboxylic acids is 4. The topological polar surface area (TPSA) is 156 Å². The van der Waals surface area contributed by atoms with E-state index in [0.717, 1.165) is 11.1 Å². The molecule has 0 spiro atoms. The van der Waals surface area contributed by atoms with E-state index in [1.807, 2.05) is 60.7 Å². The highest BCUT2D eigenvalue weighted by molar-refractivity contribution is 8.77. The molecule has 4 atom stereocenters. The van der Waals surface area contributed by atoms with Gasteiger partial charge in [0.05, 0.1) is 6.04 Å². The summed E-state index contributed by atoms with van der Waals surface area (Å²) in [5.74, 6) is -2.00. The van der Waals surface area contributed by atoms with Gasteiger partial charge in [-0.05, 0) is 31.4 Å². The molecule has 1 heterocycles. The first-order valence-electron chi connectivity index (χ1n) is 11.9. The summed E-state index contributed by atoms with van der Waals surface area (Å²) in [4.78, 5) is 51.8. The largest absolute Gasteiger partial charge is 0.368 e. The minimum atomic E-state index is -0.988. The van der Waals surface area contributed by atoms with Crippen LogP contribution in [0.3, 0.4) is 0 Å². The van der Waals surface area contributed by atoms with Crippen LogP contribution < -0.4 is 27.4 Å². The van der Waals surface area contributed by atoms with Gasteiger partial charge in [-0.25, -0.2) is 0 Å². The Balaban J connectivity index is 1.82. The van der Waals surface area contributed by atoms with Crippen molar-refractivity contribution in [1.29, 1.82) is 0 Å². The summed E-state index contributed by atoms with van der Waals surface area (Å²) < 4.78 is -0.783. The Kier molecular flexibility index (Phi) is 10.0. The van der Waals surface area contributed by atoms with Gasteiger partial charge in [-0.1, -0.05) is 82.3 Å². The van der Waals surface area contributed by atoms with Crippen LogP contribution in [-0.4, -0.2) is 58.3 Å². The molecule has 2 aromatic carbocycles. The molecule has 0 bridgehead atoms. The van der Waals surface area contributed by atoms with Crippen molar-refractivity contribution >= 4 is 45.2 Å². The van der Waals surface area contributed by atoms with Gasteiger partial charge in [-0.15, -0.1) is 0 Å². The van der Waals surface area contributed by atoms with E-state index in [4.69, 9.17) is 11.5 Å². The van der Waals surface area contributed by atoms with E-state index < -0.39 is 52.5 Å². The molecule has 1 fully saturated rings. The zero-order valence-electron chi connectivity index (χ0n) is 20.8. The summed E-state index contributed by atoms with van der Waals surface area (Å²) in [6.45, 7) is 3.59. The van der Waals surface area contributed by atoms with Crippen molar-refractivity contribution in [2.45, 2.75) is 55.6 Å². The standard InChI is InChI=1S/C26H33N5O4S2/c1-26(2)21(22(28)32)31-24(34)19(14-17-11-7-4-8-12-17)29-25(35)20(15-36-37-26)30-23(33)18(27)13-16-9-5-3-6-10-16/h3-12,18-21H,13-15,27H2,1-2H3,(H2,28,32)(H,29,35)(H,30,33)(H,31,34)/t18-,19+,20-,21+/m0/s1. The molecule has 0 unspecified atom stereocenters. The molecule has 0 aromatic heterocycles. The lowest BCUT2D eigenvalue weighted by Crippen LogP contribution is -2.60. The number of nitrogens with two attached hydrogens (primary N) is 2. The quantitative estimate of drug-likeness (QED) is 0.325. The Morgan fingerprint density at radius 1 is 1.00 bits per heavy atom. The molecule has 1 saturated heterocycles. The van der Waals surface area contributed by atoms with Crippen LogP contribution in [0.5, 0.6) is 0 Å². The second-order valence-corrected chi connectivity index (χ2v) is 12.4. The molecule has 3 rings (SSSR count). The third kappa shape index (κ3) is 8.24. The van der Waals surface area contributed by atoms with E-state index in [2.05, 4.69) is 16.0 Å². The molecule has 9 nitrogen and oxygen atoms in total. The highest BCUT2D eigenvalue weighted by Crippen LogP contribution is 2.38. The Labute approximate surface area is 224 Å². The maximum atomic E-state index is 13.3. The lowest BCUT2D eigenvalue weighted by molar-refractivity contribution is -0.133. The third-order valence-electron chi connectivity index (χ3n) is 5.96. The Bertz CT molecular complexity index is 1100. The average Bonchev–Trinajstić information content (AvgIpc) is 2.87. The fourth-order valence-corrected chi connectivity index (χ4v) is 6.71. The molecule has 0 aliphatic carbocycles. The van der Waals surface area contributed by atoms with Gasteiger partial charge in [0, 0.05) is 16.9 Å². The number of nitrogens with one attached hydrogen (secondary N) is 3. The number of primary amides is 1. The lowest BCUT2D eigenvalue weighted by Gasteiger charge is -2.32. The number of amides is 4. The molecule has 7 N–H and O–H groups in total. The summed E-state index contributed by atoms with van der Waals surface area (Å²) in [7, 11) is 2.62. The highest BCUT2D eigenvalue weighted by Gasteiger charge is 2.39. The Hall–Kier alpha value is -3.02. The van der Waals surface area contributed by atoms with Crippen LogP contribution in [0.4, 0.5) is 0 Å². The molecule has 1 aliphatic rings. The van der Waals surface area contributed by atoms with E-state index in [9.17, 15) is 19.2 Å². The molecule has 1 aliphatic heterocycles. The van der Waals surface area contributed by atoms with Crippen molar-refractivity contribution in [3.8, 4) is 0 Å². The molecule has 0 saturated carbocycles. The van der Waals surface area contributed by atoms with Gasteiger partial charge in [-0.2, -0.15) is 0 Å². The number of carbonyl (C=O) groups is 4. The predicted molar refractivity (Wildman–Crippen MR) is 147 cm³/mol. The second-order valence-electron chi connectivity index (χ2n) is 9.42. The third-order valence-corrected chi connectivity index (χ3v) is 9.26. The average molecular weight is 544 g/mol. The molecular formula is C26H33N5O4S2. The van der Waals surface area contributed by atoms with Crippen LogP contribution >= 0.6 is 21.6 Å². The first-order valence-corrected chi connectivity index (χ1v) is 14.2. The zero-order valence-corrected chi connectivity index (χ0v) is 22.4. The van der Waals surface area contributed by atoms with Gasteiger partial charge in [0.2, 0.25) is 23.6 Å². The van der Waals surface area contributed by atoms with Crippen molar-refractivity contribution in [2.24, 2.45) is 11.5 Å². The van der Waals surface area contributed by atoms with Gasteiger partial charge < -0.3 is 27.4 Å². The van der Waals surface area contributed by atoms with Crippen LogP contribution in [0, 0.1) is 0 Å². The summed E-state index contributed by atoms with van der Waals surface area (Å²) in [5, 5.41) is 8.24. The van der Waals surface area contributed by atoms with Crippen LogP contribution in [0.25, 0.3) is 0 Å². The monoisotopic (exact) mass is 543 g/mol. The maximum Gasteiger partial charge on any atom is 0.244 e. The Morgan fingerprint density at radius 2 is 1.59 bits per heavy atom. The van der Waals surface area contributed by atoms with Gasteiger partial charge in [0.25, 0.3) is 0 Å². The summed E-state index contributed by atoms with van der Waals surface area (Å²) in [6.07, 6.45) is 0.508. The number of rotatable bonds is 7. The van der Waals surface area contributed by atoms with E-state index in [1.165, 1.54) is 21.6 Å². The van der Waals surface area contributed by atoms with Crippen molar-refractivity contribution < 1.29 is 19.2 Å². The first-order chi connectivity index (χ1) is 17.6. The fourth-order valence-electron chi connectivity index (χ4n) is 3.89. The van der Waals surface area contributed by atoms with Gasteiger partial charge in [0.15, 0.2) is 0 Å². The molecule has 0 radical (unpaired) electrons. The molecule has 11 heteroatoms. The highest BCUT2D eigenvalue weighted by atomic mass is 33.1. The first kappa shape index (κ1) is 28.5. The SMILES string of the molecule is CC1(C)SSC[C@H](NC(=O)[C@@H](N)Cc2ccccc2)C(=O)N[C@H](Cc2ccccc2)C(=O)N[C@@H]1C(N)=O. The number of benzene rings is 2. The minimum absolute atomic E-state index is 0.193. The van der Waals surface area contributed by atoms with Gasteiger partial charge >= 0.3 is 0 Å². The number of hydrogen-bond acceptors (Lipinski definition) is 7. The van der Waals surface area contributed by atoms with E-state index in [-0.39, 0.29) is 12.2 Å². The van der Waals surface area contributed by atoms with Gasteiger partial charge in [-0.3, -0.25) is 19.2 Å². The van der Waals surface area contributed by atoms with Crippen LogP contribution in [-0.2, 0) is 32.0 Å². The zero-order chi connectivity index (χ0) is 27.0. The normalized spacial score (nSPS) is 23.1. The van der Waals surface area contributed by atoms with Crippen LogP contribution in [0.2, 0.25) is 0 Å². The molecular weight excluding hydrogens is 510 g/mol. The summed E-state index contributed by atoms with van der Waals surface area (Å²) >= 11 is 0. The lowest BCUT2D eigenvalue weighted by atomic mass is 10.00. The van der Waals surface area contributed by atoms with Crippen molar-refractivity contribution in [2.75, 3.05) is 5.75 Å². The van der Waals surface area contributed by atoms with E-state index >= 15 is 0 Å². The van der Waals surface area contributed by atoms with Crippen LogP contribution in [0.1, 0.15) is 25.0 Å². The predicted octanol–water partition coefficient (Wildman–Crippen LogP) is 0.912.